The Balaban J connectivity index is 1.20. The van der Waals surface area contributed by atoms with Crippen LogP contribution in [0.5, 0.6) is 11.6 Å². The first-order chi connectivity index (χ1) is 19.3. The van der Waals surface area contributed by atoms with Crippen LogP contribution in [0.1, 0.15) is 47.9 Å². The maximum atomic E-state index is 14.9. The molecule has 0 amide bonds. The van der Waals surface area contributed by atoms with Crippen molar-refractivity contribution in [2.24, 2.45) is 17.8 Å². The third kappa shape index (κ3) is 5.23. The molecule has 0 radical (unpaired) electrons. The summed E-state index contributed by atoms with van der Waals surface area (Å²) in [5.74, 6) is -3.27. The molecule has 6 rings (SSSR count). The second-order valence-electron chi connectivity index (χ2n) is 11.5. The van der Waals surface area contributed by atoms with Gasteiger partial charge in [-0.1, -0.05) is 6.07 Å². The molecule has 6 nitrogen and oxygen atoms in total. The van der Waals surface area contributed by atoms with Crippen LogP contribution < -0.4 is 9.47 Å². The van der Waals surface area contributed by atoms with Crippen molar-refractivity contribution in [2.75, 3.05) is 6.61 Å². The molecular weight excluding hydrogens is 549 g/mol. The van der Waals surface area contributed by atoms with E-state index < -0.39 is 53.0 Å². The van der Waals surface area contributed by atoms with Gasteiger partial charge in [-0.05, 0) is 84.5 Å². The Labute approximate surface area is 231 Å². The van der Waals surface area contributed by atoms with E-state index in [1.807, 2.05) is 0 Å². The zero-order valence-electron chi connectivity index (χ0n) is 21.8. The van der Waals surface area contributed by atoms with Gasteiger partial charge >= 0.3 is 12.1 Å². The van der Waals surface area contributed by atoms with Gasteiger partial charge in [0.05, 0.1) is 23.7 Å². The Bertz CT molecular complexity index is 1530. The van der Waals surface area contributed by atoms with Crippen molar-refractivity contribution in [1.82, 2.24) is 4.98 Å². The Morgan fingerprint density at radius 2 is 1.85 bits per heavy atom. The first-order valence-corrected chi connectivity index (χ1v) is 13.2. The Morgan fingerprint density at radius 1 is 1.10 bits per heavy atom. The van der Waals surface area contributed by atoms with E-state index in [1.54, 1.807) is 13.0 Å². The zero-order chi connectivity index (χ0) is 29.3. The molecule has 1 heterocycles. The average molecular weight is 576 g/mol. The summed E-state index contributed by atoms with van der Waals surface area (Å²) in [6.45, 7) is 1.43. The number of carboxylic acid groups (broad SMARTS) is 1. The molecule has 2 saturated carbocycles. The first-order valence-electron chi connectivity index (χ1n) is 13.2. The molecule has 2 N–H and O–H groups in total. The van der Waals surface area contributed by atoms with Crippen LogP contribution in [0, 0.1) is 29.4 Å². The smallest absolute Gasteiger partial charge is 0.417 e. The molecule has 1 aromatic heterocycles. The van der Waals surface area contributed by atoms with Gasteiger partial charge in [0.15, 0.2) is 11.6 Å². The molecule has 11 heteroatoms. The summed E-state index contributed by atoms with van der Waals surface area (Å²) in [5, 5.41) is 19.1. The lowest BCUT2D eigenvalue weighted by Gasteiger charge is -2.40. The first kappa shape index (κ1) is 27.4. The molecular formula is C30H26F5NO5. The third-order valence-electron chi connectivity index (χ3n) is 8.31. The normalized spacial score (nSPS) is 26.1. The van der Waals surface area contributed by atoms with Gasteiger partial charge in [-0.25, -0.2) is 13.8 Å². The predicted molar refractivity (Wildman–Crippen MR) is 135 cm³/mol. The van der Waals surface area contributed by atoms with Crippen molar-refractivity contribution in [1.29, 1.82) is 0 Å². The van der Waals surface area contributed by atoms with Crippen LogP contribution in [-0.2, 0) is 24.0 Å². The molecule has 3 unspecified atom stereocenters. The van der Waals surface area contributed by atoms with E-state index in [0.717, 1.165) is 23.3 Å². The summed E-state index contributed by atoms with van der Waals surface area (Å²) >= 11 is 0. The number of nitrogens with zero attached hydrogens (tertiary/aromatic N) is 1. The molecule has 0 saturated heterocycles. The van der Waals surface area contributed by atoms with Crippen LogP contribution in [0.15, 0.2) is 42.6 Å². The van der Waals surface area contributed by atoms with Gasteiger partial charge in [-0.2, -0.15) is 13.2 Å². The summed E-state index contributed by atoms with van der Waals surface area (Å²) < 4.78 is 82.3. The summed E-state index contributed by atoms with van der Waals surface area (Å²) in [6.07, 6.45) is -1.79. The summed E-state index contributed by atoms with van der Waals surface area (Å²) in [7, 11) is 0. The molecule has 41 heavy (non-hydrogen) atoms. The number of aliphatic carboxylic acids is 1. The van der Waals surface area contributed by atoms with Gasteiger partial charge in [0.25, 0.3) is 0 Å². The third-order valence-corrected chi connectivity index (χ3v) is 8.31. The standard InChI is InChI=1S/C30H26F5NO5/c1-29(39)9-14(10-29)12-40-24-3-2-15(6-23(24)32)18-5-17(22(31)8-21(18)30(33,34)35)13-41-25-7-16-4-19-26(20(16)11-36-25)27(19)28(37)38/h2-3,5-8,11,14,19,26-27,39H,4,9-10,12-13H2,1H3,(H,37,38). The molecule has 0 bridgehead atoms. The molecule has 3 aromatic rings. The van der Waals surface area contributed by atoms with Crippen LogP contribution in [0.4, 0.5) is 22.0 Å². The lowest BCUT2D eigenvalue weighted by Crippen LogP contribution is -2.43. The van der Waals surface area contributed by atoms with Crippen molar-refractivity contribution >= 4 is 5.97 Å². The molecule has 3 aliphatic carbocycles. The number of pyridine rings is 1. The number of halogens is 5. The topological polar surface area (TPSA) is 88.9 Å². The average Bonchev–Trinajstić information content (AvgIpc) is 3.47. The van der Waals surface area contributed by atoms with E-state index >= 15 is 0 Å². The number of benzene rings is 2. The summed E-state index contributed by atoms with van der Waals surface area (Å²) in [4.78, 5) is 15.5. The van der Waals surface area contributed by atoms with Gasteiger partial charge in [0.2, 0.25) is 5.88 Å². The highest BCUT2D eigenvalue weighted by atomic mass is 19.4. The minimum Gasteiger partial charge on any atom is -0.490 e. The minimum absolute atomic E-state index is 0.0150. The Kier molecular flexibility index (Phi) is 6.48. The number of aromatic nitrogens is 1. The number of carbonyl (C=O) groups is 1. The summed E-state index contributed by atoms with van der Waals surface area (Å²) in [6, 6.07) is 6.42. The molecule has 2 fully saturated rings. The van der Waals surface area contributed by atoms with Gasteiger partial charge < -0.3 is 19.7 Å². The van der Waals surface area contributed by atoms with Crippen LogP contribution in [0.25, 0.3) is 11.1 Å². The van der Waals surface area contributed by atoms with E-state index in [9.17, 15) is 37.0 Å². The number of rotatable bonds is 8. The van der Waals surface area contributed by atoms with E-state index in [-0.39, 0.29) is 47.1 Å². The fraction of sp³-hybridized carbons (Fsp3) is 0.400. The van der Waals surface area contributed by atoms with Crippen molar-refractivity contribution < 1.29 is 46.4 Å². The van der Waals surface area contributed by atoms with Gasteiger partial charge in [-0.15, -0.1) is 0 Å². The second kappa shape index (κ2) is 9.68. The monoisotopic (exact) mass is 575 g/mol. The lowest BCUT2D eigenvalue weighted by atomic mass is 9.73. The fourth-order valence-electron chi connectivity index (χ4n) is 6.33. The van der Waals surface area contributed by atoms with Crippen LogP contribution >= 0.6 is 0 Å². The lowest BCUT2D eigenvalue weighted by molar-refractivity contribution is -0.139. The number of hydrogen-bond donors (Lipinski definition) is 2. The maximum absolute atomic E-state index is 14.9. The van der Waals surface area contributed by atoms with Crippen molar-refractivity contribution in [3.63, 3.8) is 0 Å². The van der Waals surface area contributed by atoms with Crippen molar-refractivity contribution in [3.05, 3.63) is 76.5 Å². The molecule has 3 atom stereocenters. The molecule has 3 aliphatic rings. The summed E-state index contributed by atoms with van der Waals surface area (Å²) in [5.41, 5.74) is -1.01. The largest absolute Gasteiger partial charge is 0.490 e. The highest BCUT2D eigenvalue weighted by Crippen LogP contribution is 2.61. The van der Waals surface area contributed by atoms with Crippen LogP contribution in [-0.4, -0.2) is 33.4 Å². The quantitative estimate of drug-likeness (QED) is 0.314. The highest BCUT2D eigenvalue weighted by Gasteiger charge is 2.60. The molecule has 0 aliphatic heterocycles. The number of carboxylic acids is 1. The number of hydrogen-bond acceptors (Lipinski definition) is 5. The van der Waals surface area contributed by atoms with Crippen LogP contribution in [0.2, 0.25) is 0 Å². The van der Waals surface area contributed by atoms with E-state index in [0.29, 0.717) is 25.3 Å². The van der Waals surface area contributed by atoms with Crippen molar-refractivity contribution in [2.45, 2.75) is 50.5 Å². The van der Waals surface area contributed by atoms with E-state index in [1.165, 1.54) is 18.3 Å². The minimum atomic E-state index is -4.90. The molecule has 0 spiro atoms. The number of ether oxygens (including phenoxy) is 2. The van der Waals surface area contributed by atoms with Gasteiger partial charge in [0.1, 0.15) is 12.4 Å². The predicted octanol–water partition coefficient (Wildman–Crippen LogP) is 6.13. The number of fused-ring (bicyclic) bond motifs is 3. The number of aliphatic hydroxyl groups is 1. The van der Waals surface area contributed by atoms with E-state index in [2.05, 4.69) is 4.98 Å². The van der Waals surface area contributed by atoms with Gasteiger partial charge in [-0.3, -0.25) is 4.79 Å². The van der Waals surface area contributed by atoms with Crippen LogP contribution in [0.3, 0.4) is 0 Å². The zero-order valence-corrected chi connectivity index (χ0v) is 21.8. The second-order valence-corrected chi connectivity index (χ2v) is 11.5. The van der Waals surface area contributed by atoms with E-state index in [4.69, 9.17) is 9.47 Å². The Hall–Kier alpha value is -3.73. The molecule has 2 aromatic carbocycles. The fourth-order valence-corrected chi connectivity index (χ4v) is 6.33. The highest BCUT2D eigenvalue weighted by molar-refractivity contribution is 5.77. The van der Waals surface area contributed by atoms with Crippen molar-refractivity contribution in [3.8, 4) is 22.8 Å². The molecule has 216 valence electrons. The maximum Gasteiger partial charge on any atom is 0.417 e. The SMILES string of the molecule is CC1(O)CC(COc2ccc(-c3cc(COc4cc5c(cn4)C4C(C5)C4C(=O)O)c(F)cc3C(F)(F)F)cc2F)C1. The Morgan fingerprint density at radius 3 is 2.51 bits per heavy atom. The number of alkyl halides is 3. The van der Waals surface area contributed by atoms with Gasteiger partial charge in [0, 0.05) is 23.7 Å².